The molecule has 43 heavy (non-hydrogen) atoms. The molecule has 5 aromatic carbocycles. The Morgan fingerprint density at radius 3 is 2.12 bits per heavy atom. The average Bonchev–Trinajstić information content (AvgIpc) is 3.56. The second-order valence-electron chi connectivity index (χ2n) is 11.0. The van der Waals surface area contributed by atoms with Crippen molar-refractivity contribution in [2.75, 3.05) is 4.90 Å². The molecule has 0 saturated carbocycles. The minimum Gasteiger partial charge on any atom is -0.309 e. The number of benzene rings is 5. The van der Waals surface area contributed by atoms with Crippen LogP contribution in [0.3, 0.4) is 0 Å². The molecule has 0 amide bonds. The van der Waals surface area contributed by atoms with E-state index >= 15 is 0 Å². The number of pyridine rings is 1. The molecular formula is C38H30N5+. The predicted octanol–water partition coefficient (Wildman–Crippen LogP) is 9.52. The molecule has 0 N–H and O–H groups in total. The van der Waals surface area contributed by atoms with E-state index in [4.69, 9.17) is 4.98 Å². The summed E-state index contributed by atoms with van der Waals surface area (Å²) in [5.74, 6) is 0.920. The van der Waals surface area contributed by atoms with Crippen LogP contribution in [-0.2, 0) is 7.05 Å². The van der Waals surface area contributed by atoms with Crippen molar-refractivity contribution in [3.8, 4) is 11.5 Å². The number of hydrogen-bond donors (Lipinski definition) is 0. The molecule has 8 aromatic rings. The summed E-state index contributed by atoms with van der Waals surface area (Å²) in [5, 5.41) is 2.42. The first-order chi connectivity index (χ1) is 21.2. The molecule has 0 fully saturated rings. The molecule has 0 bridgehead atoms. The zero-order valence-corrected chi connectivity index (χ0v) is 24.1. The van der Waals surface area contributed by atoms with E-state index in [9.17, 15) is 0 Å². The first kappa shape index (κ1) is 25.1. The van der Waals surface area contributed by atoms with E-state index in [1.807, 2.05) is 12.3 Å². The first-order valence-electron chi connectivity index (χ1n) is 14.5. The summed E-state index contributed by atoms with van der Waals surface area (Å²) in [6.45, 7) is 2.11. The lowest BCUT2D eigenvalue weighted by Gasteiger charge is -2.25. The van der Waals surface area contributed by atoms with Gasteiger partial charge in [0.15, 0.2) is 17.4 Å². The van der Waals surface area contributed by atoms with Gasteiger partial charge in [-0.2, -0.15) is 4.57 Å². The Hall–Kier alpha value is -5.68. The van der Waals surface area contributed by atoms with E-state index in [1.54, 1.807) is 0 Å². The van der Waals surface area contributed by atoms with Gasteiger partial charge in [0, 0.05) is 59.7 Å². The maximum atomic E-state index is 4.79. The molecule has 3 aromatic heterocycles. The van der Waals surface area contributed by atoms with Gasteiger partial charge in [0.1, 0.15) is 11.5 Å². The summed E-state index contributed by atoms with van der Waals surface area (Å²) in [6.07, 6.45) is 4.04. The third-order valence-corrected chi connectivity index (χ3v) is 8.24. The minimum atomic E-state index is 0.920. The molecule has 0 aliphatic rings. The van der Waals surface area contributed by atoms with Crippen molar-refractivity contribution in [3.63, 3.8) is 0 Å². The third-order valence-electron chi connectivity index (χ3n) is 8.24. The van der Waals surface area contributed by atoms with E-state index in [-0.39, 0.29) is 0 Å². The standard InChI is InChI=1S/C38H30N5/c1-27-21-22-39-38(23-27)43-34-16-7-6-15-32(34)33-20-19-31(25-37(33)43)42(28-11-4-3-5-12-28)30-14-10-13-29(24-30)41-26-40(2)35-17-8-9-18-36(35)41/h3-26H,1-2H3/q+1. The topological polar surface area (TPSA) is 30.9 Å². The molecule has 3 heterocycles. The van der Waals surface area contributed by atoms with Crippen LogP contribution in [0.5, 0.6) is 0 Å². The zero-order valence-electron chi connectivity index (χ0n) is 24.1. The summed E-state index contributed by atoms with van der Waals surface area (Å²) in [7, 11) is 2.09. The number of rotatable bonds is 5. The highest BCUT2D eigenvalue weighted by molar-refractivity contribution is 6.10. The second-order valence-corrected chi connectivity index (χ2v) is 11.0. The van der Waals surface area contributed by atoms with Gasteiger partial charge in [-0.05, 0) is 79.2 Å². The average molecular weight is 557 g/mol. The normalized spacial score (nSPS) is 11.5. The third kappa shape index (κ3) is 4.17. The SMILES string of the molecule is Cc1ccnc(-n2c3ccccc3c3ccc(N(c4ccccc4)c4cccc(-n5[cH+]n(C)c6ccccc65)c4)cc32)c1. The molecule has 206 valence electrons. The Balaban J connectivity index is 1.35. The molecule has 8 rings (SSSR count). The Morgan fingerprint density at radius 1 is 0.581 bits per heavy atom. The van der Waals surface area contributed by atoms with Crippen molar-refractivity contribution < 1.29 is 0 Å². The number of imidazole rings is 1. The van der Waals surface area contributed by atoms with Crippen LogP contribution in [0.1, 0.15) is 5.56 Å². The smallest absolute Gasteiger partial charge is 0.191 e. The van der Waals surface area contributed by atoms with Crippen molar-refractivity contribution in [1.29, 1.82) is 0 Å². The fourth-order valence-electron chi connectivity index (χ4n) is 6.26. The van der Waals surface area contributed by atoms with Gasteiger partial charge in [0.05, 0.1) is 16.7 Å². The summed E-state index contributed by atoms with van der Waals surface area (Å²) in [6, 6.07) is 47.4. The summed E-state index contributed by atoms with van der Waals surface area (Å²) >= 11 is 0. The largest absolute Gasteiger partial charge is 0.309 e. The van der Waals surface area contributed by atoms with Crippen LogP contribution in [-0.4, -0.2) is 18.7 Å². The molecule has 5 heteroatoms. The Kier molecular flexibility index (Phi) is 5.83. The maximum Gasteiger partial charge on any atom is 0.191 e. The highest BCUT2D eigenvalue weighted by atomic mass is 15.2. The molecule has 0 saturated heterocycles. The van der Waals surface area contributed by atoms with Crippen LogP contribution in [0, 0.1) is 6.92 Å². The molecule has 0 unspecified atom stereocenters. The van der Waals surface area contributed by atoms with Crippen molar-refractivity contribution in [2.45, 2.75) is 6.92 Å². The van der Waals surface area contributed by atoms with Crippen LogP contribution in [0.4, 0.5) is 17.1 Å². The highest BCUT2D eigenvalue weighted by Gasteiger charge is 2.20. The van der Waals surface area contributed by atoms with Gasteiger partial charge in [0.2, 0.25) is 0 Å². The number of nitrogens with zero attached hydrogens (tertiary/aromatic N) is 5. The van der Waals surface area contributed by atoms with Crippen molar-refractivity contribution in [3.05, 3.63) is 152 Å². The first-order valence-corrected chi connectivity index (χ1v) is 14.5. The van der Waals surface area contributed by atoms with Crippen LogP contribution in [0.25, 0.3) is 44.3 Å². The predicted molar refractivity (Wildman–Crippen MR) is 178 cm³/mol. The number of hydrogen-bond acceptors (Lipinski definition) is 2. The van der Waals surface area contributed by atoms with Crippen LogP contribution in [0.15, 0.2) is 146 Å². The van der Waals surface area contributed by atoms with E-state index in [0.29, 0.717) is 0 Å². The minimum absolute atomic E-state index is 0.920. The maximum absolute atomic E-state index is 4.79. The molecule has 0 aliphatic carbocycles. The molecule has 5 nitrogen and oxygen atoms in total. The van der Waals surface area contributed by atoms with Crippen molar-refractivity contribution in [1.82, 2.24) is 18.7 Å². The second kappa shape index (κ2) is 10.00. The van der Waals surface area contributed by atoms with Crippen LogP contribution < -0.4 is 4.90 Å². The van der Waals surface area contributed by atoms with E-state index < -0.39 is 0 Å². The molecule has 0 atom stereocenters. The van der Waals surface area contributed by atoms with Crippen molar-refractivity contribution >= 4 is 49.9 Å². The van der Waals surface area contributed by atoms with Gasteiger partial charge in [-0.15, -0.1) is 0 Å². The number of anilines is 3. The number of aryl methyl sites for hydroxylation is 2. The number of fused-ring (bicyclic) bond motifs is 4. The Bertz CT molecular complexity index is 2280. The van der Waals surface area contributed by atoms with E-state index in [0.717, 1.165) is 39.6 Å². The van der Waals surface area contributed by atoms with Crippen molar-refractivity contribution in [2.24, 2.45) is 7.05 Å². The number of aromatic nitrogens is 4. The van der Waals surface area contributed by atoms with E-state index in [2.05, 4.69) is 166 Å². The fourth-order valence-corrected chi connectivity index (χ4v) is 6.26. The Morgan fingerprint density at radius 2 is 1.28 bits per heavy atom. The molecule has 0 aliphatic heterocycles. The van der Waals surface area contributed by atoms with Gasteiger partial charge in [0.25, 0.3) is 0 Å². The summed E-state index contributed by atoms with van der Waals surface area (Å²) in [5.41, 5.74) is 10.2. The van der Waals surface area contributed by atoms with Gasteiger partial charge in [-0.1, -0.05) is 42.5 Å². The zero-order chi connectivity index (χ0) is 28.9. The highest BCUT2D eigenvalue weighted by Crippen LogP contribution is 2.40. The van der Waals surface area contributed by atoms with Gasteiger partial charge in [-0.25, -0.2) is 9.55 Å². The summed E-state index contributed by atoms with van der Waals surface area (Å²) in [4.78, 5) is 7.12. The molecule has 0 spiro atoms. The van der Waals surface area contributed by atoms with Gasteiger partial charge >= 0.3 is 0 Å². The summed E-state index contributed by atoms with van der Waals surface area (Å²) < 4.78 is 6.71. The lowest BCUT2D eigenvalue weighted by Crippen LogP contribution is -2.10. The fraction of sp³-hybridized carbons (Fsp3) is 0.0526. The van der Waals surface area contributed by atoms with Crippen LogP contribution in [0.2, 0.25) is 0 Å². The van der Waals surface area contributed by atoms with Gasteiger partial charge < -0.3 is 4.90 Å². The molecule has 0 radical (unpaired) electrons. The van der Waals surface area contributed by atoms with Gasteiger partial charge in [-0.3, -0.25) is 4.57 Å². The van der Waals surface area contributed by atoms with E-state index in [1.165, 1.54) is 27.4 Å². The Labute approximate surface area is 250 Å². The monoisotopic (exact) mass is 556 g/mol. The lowest BCUT2D eigenvalue weighted by molar-refractivity contribution is 0.911. The number of para-hydroxylation sites is 4. The molecular weight excluding hydrogens is 526 g/mol. The lowest BCUT2D eigenvalue weighted by atomic mass is 10.1. The quantitative estimate of drug-likeness (QED) is 0.198. The van der Waals surface area contributed by atoms with Crippen LogP contribution >= 0.6 is 0 Å².